The molecular weight excluding hydrogens is 544 g/mol. The molecule has 9 heteroatoms. The minimum atomic E-state index is -0.656. The highest BCUT2D eigenvalue weighted by molar-refractivity contribution is 6.31. The molecule has 0 aliphatic carbocycles. The number of hydrogen-bond donors (Lipinski definition) is 0. The Morgan fingerprint density at radius 2 is 1.51 bits per heavy atom. The van der Waals surface area contributed by atoms with Gasteiger partial charge in [-0.3, -0.25) is 14.9 Å². The molecule has 0 aliphatic rings. The Kier molecular flexibility index (Phi) is 7.76. The number of carbonyl (C=O) groups is 2. The van der Waals surface area contributed by atoms with Crippen molar-refractivity contribution in [2.75, 3.05) is 6.61 Å². The first-order valence-electron chi connectivity index (χ1n) is 12.6. The summed E-state index contributed by atoms with van der Waals surface area (Å²) < 4.78 is 11.2. The molecule has 5 aromatic rings. The van der Waals surface area contributed by atoms with E-state index >= 15 is 0 Å². The molecule has 8 nitrogen and oxygen atoms in total. The van der Waals surface area contributed by atoms with Gasteiger partial charge in [-0.1, -0.05) is 41.4 Å². The predicted molar refractivity (Wildman–Crippen MR) is 156 cm³/mol. The number of aryl methyl sites for hydroxylation is 1. The molecule has 1 aromatic heterocycles. The molecule has 0 atom stereocenters. The van der Waals surface area contributed by atoms with E-state index in [-0.39, 0.29) is 5.69 Å². The van der Waals surface area contributed by atoms with Crippen LogP contribution in [0.4, 0.5) is 5.69 Å². The Morgan fingerprint density at radius 3 is 2.15 bits per heavy atom. The lowest BCUT2D eigenvalue weighted by Crippen LogP contribution is -2.16. The van der Waals surface area contributed by atoms with Gasteiger partial charge in [0.2, 0.25) is 0 Å². The number of carbonyl (C=O) groups excluding carboxylic acids is 2. The van der Waals surface area contributed by atoms with Crippen molar-refractivity contribution in [1.82, 2.24) is 4.98 Å². The Hall–Kier alpha value is -5.08. The van der Waals surface area contributed by atoms with Crippen LogP contribution in [0.15, 0.2) is 91.0 Å². The number of halogens is 1. The number of pyridine rings is 1. The van der Waals surface area contributed by atoms with E-state index in [1.54, 1.807) is 49.4 Å². The second-order valence-electron chi connectivity index (χ2n) is 9.36. The van der Waals surface area contributed by atoms with E-state index in [4.69, 9.17) is 26.1 Å². The number of ether oxygens (including phenoxy) is 2. The fourth-order valence-corrected chi connectivity index (χ4v) is 4.53. The van der Waals surface area contributed by atoms with Gasteiger partial charge in [-0.05, 0) is 74.0 Å². The van der Waals surface area contributed by atoms with Crippen molar-refractivity contribution in [3.8, 4) is 22.8 Å². The number of benzene rings is 4. The van der Waals surface area contributed by atoms with E-state index in [2.05, 4.69) is 0 Å². The van der Waals surface area contributed by atoms with Gasteiger partial charge in [0.05, 0.1) is 21.7 Å². The number of non-ortho nitro benzene ring substituents is 1. The second-order valence-corrected chi connectivity index (χ2v) is 9.80. The third-order valence-corrected chi connectivity index (χ3v) is 6.75. The van der Waals surface area contributed by atoms with E-state index in [1.807, 2.05) is 31.2 Å². The van der Waals surface area contributed by atoms with Crippen LogP contribution in [0.25, 0.3) is 22.2 Å². The smallest absolute Gasteiger partial charge is 0.339 e. The number of fused-ring (bicyclic) bond motifs is 1. The highest BCUT2D eigenvalue weighted by Gasteiger charge is 2.22. The molecule has 0 spiro atoms. The van der Waals surface area contributed by atoms with Crippen LogP contribution in [0.5, 0.6) is 11.5 Å². The molecule has 0 saturated carbocycles. The predicted octanol–water partition coefficient (Wildman–Crippen LogP) is 7.91. The first-order chi connectivity index (χ1) is 19.7. The van der Waals surface area contributed by atoms with Crippen molar-refractivity contribution >= 4 is 39.9 Å². The number of Topliss-reactive ketones (excluding diaryl/α,β-unsaturated/α-hetero) is 1. The number of rotatable bonds is 8. The third kappa shape index (κ3) is 6.08. The molecule has 5 rings (SSSR count). The van der Waals surface area contributed by atoms with E-state index in [0.29, 0.717) is 49.8 Å². The number of esters is 1. The van der Waals surface area contributed by atoms with Crippen LogP contribution in [0.1, 0.15) is 31.8 Å². The monoisotopic (exact) mass is 566 g/mol. The summed E-state index contributed by atoms with van der Waals surface area (Å²) in [6.07, 6.45) is 0. The normalized spacial score (nSPS) is 10.8. The molecule has 41 heavy (non-hydrogen) atoms. The van der Waals surface area contributed by atoms with Gasteiger partial charge < -0.3 is 9.47 Å². The van der Waals surface area contributed by atoms with Crippen molar-refractivity contribution in [3.05, 3.63) is 128 Å². The Balaban J connectivity index is 1.33. The average molecular weight is 567 g/mol. The first-order valence-corrected chi connectivity index (χ1v) is 13.0. The van der Waals surface area contributed by atoms with Crippen molar-refractivity contribution in [3.63, 3.8) is 0 Å². The van der Waals surface area contributed by atoms with Gasteiger partial charge in [-0.25, -0.2) is 9.78 Å². The lowest BCUT2D eigenvalue weighted by atomic mass is 9.97. The Morgan fingerprint density at radius 1 is 0.878 bits per heavy atom. The zero-order chi connectivity index (χ0) is 29.1. The van der Waals surface area contributed by atoms with E-state index in [0.717, 1.165) is 11.1 Å². The van der Waals surface area contributed by atoms with Crippen molar-refractivity contribution in [2.24, 2.45) is 0 Å². The molecule has 0 fully saturated rings. The summed E-state index contributed by atoms with van der Waals surface area (Å²) in [6, 6.07) is 24.9. The maximum absolute atomic E-state index is 13.4. The summed E-state index contributed by atoms with van der Waals surface area (Å²) in [6.45, 7) is 3.32. The highest BCUT2D eigenvalue weighted by atomic mass is 35.5. The summed E-state index contributed by atoms with van der Waals surface area (Å²) in [4.78, 5) is 41.3. The molecule has 0 saturated heterocycles. The zero-order valence-corrected chi connectivity index (χ0v) is 22.8. The second kappa shape index (κ2) is 11.6. The van der Waals surface area contributed by atoms with Crippen LogP contribution >= 0.6 is 11.6 Å². The van der Waals surface area contributed by atoms with Crippen LogP contribution in [0, 0.1) is 24.0 Å². The van der Waals surface area contributed by atoms with E-state index in [1.165, 1.54) is 24.3 Å². The van der Waals surface area contributed by atoms with Crippen LogP contribution in [-0.2, 0) is 4.74 Å². The largest absolute Gasteiger partial charge is 0.457 e. The molecule has 0 unspecified atom stereocenters. The van der Waals surface area contributed by atoms with Crippen molar-refractivity contribution in [1.29, 1.82) is 0 Å². The SMILES string of the molecule is Cc1ccc(-c2nc3ccc(Cl)cc3c(C(=O)OCC(=O)c3ccc(Oc4ccc([N+](=O)[O-])cc4)cc3)c2C)cc1. The van der Waals surface area contributed by atoms with Gasteiger partial charge >= 0.3 is 5.97 Å². The molecule has 0 radical (unpaired) electrons. The summed E-state index contributed by atoms with van der Waals surface area (Å²) >= 11 is 6.24. The number of nitro benzene ring substituents is 1. The fraction of sp³-hybridized carbons (Fsp3) is 0.0938. The Labute approximate surface area is 240 Å². The molecule has 204 valence electrons. The highest BCUT2D eigenvalue weighted by Crippen LogP contribution is 2.32. The van der Waals surface area contributed by atoms with Gasteiger partial charge in [-0.2, -0.15) is 0 Å². The maximum atomic E-state index is 13.4. The van der Waals surface area contributed by atoms with Gasteiger partial charge in [0.1, 0.15) is 11.5 Å². The average Bonchev–Trinajstić information content (AvgIpc) is 2.96. The van der Waals surface area contributed by atoms with Crippen LogP contribution in [0.3, 0.4) is 0 Å². The van der Waals surface area contributed by atoms with Gasteiger partial charge in [0.25, 0.3) is 5.69 Å². The van der Waals surface area contributed by atoms with Gasteiger partial charge in [0, 0.05) is 33.7 Å². The number of hydrogen-bond acceptors (Lipinski definition) is 7. The molecule has 0 bridgehead atoms. The van der Waals surface area contributed by atoms with E-state index < -0.39 is 23.3 Å². The van der Waals surface area contributed by atoms with Gasteiger partial charge in [-0.15, -0.1) is 0 Å². The number of nitro groups is 1. The lowest BCUT2D eigenvalue weighted by molar-refractivity contribution is -0.384. The standard InChI is InChI=1S/C32H23ClN2O6/c1-19-3-5-22(6-4-19)31-20(2)30(27-17-23(33)9-16-28(27)34-31)32(37)40-18-29(36)21-7-12-25(13-8-21)41-26-14-10-24(11-15-26)35(38)39/h3-17H,18H2,1-2H3. The molecular formula is C32H23ClN2O6. The summed E-state index contributed by atoms with van der Waals surface area (Å²) in [5, 5.41) is 11.8. The first kappa shape index (κ1) is 27.5. The minimum absolute atomic E-state index is 0.0442. The number of aromatic nitrogens is 1. The Bertz CT molecular complexity index is 1780. The minimum Gasteiger partial charge on any atom is -0.457 e. The van der Waals surface area contributed by atoms with Crippen molar-refractivity contribution < 1.29 is 24.0 Å². The third-order valence-electron chi connectivity index (χ3n) is 6.51. The molecule has 0 amide bonds. The summed E-state index contributed by atoms with van der Waals surface area (Å²) in [7, 11) is 0. The van der Waals surface area contributed by atoms with Crippen LogP contribution in [0.2, 0.25) is 5.02 Å². The van der Waals surface area contributed by atoms with Crippen LogP contribution < -0.4 is 4.74 Å². The fourth-order valence-electron chi connectivity index (χ4n) is 4.35. The zero-order valence-electron chi connectivity index (χ0n) is 22.1. The van der Waals surface area contributed by atoms with Crippen molar-refractivity contribution in [2.45, 2.75) is 13.8 Å². The molecule has 1 heterocycles. The van der Waals surface area contributed by atoms with E-state index in [9.17, 15) is 19.7 Å². The molecule has 0 aliphatic heterocycles. The number of nitrogens with zero attached hydrogens (tertiary/aromatic N) is 2. The lowest BCUT2D eigenvalue weighted by Gasteiger charge is -2.15. The topological polar surface area (TPSA) is 109 Å². The number of ketones is 1. The maximum Gasteiger partial charge on any atom is 0.339 e. The summed E-state index contributed by atoms with van der Waals surface area (Å²) in [5.41, 5.74) is 4.38. The van der Waals surface area contributed by atoms with Crippen LogP contribution in [-0.4, -0.2) is 28.3 Å². The quantitative estimate of drug-likeness (QED) is 0.0812. The van der Waals surface area contributed by atoms with Gasteiger partial charge in [0.15, 0.2) is 12.4 Å². The molecule has 0 N–H and O–H groups in total. The summed E-state index contributed by atoms with van der Waals surface area (Å²) in [5.74, 6) is -0.203. The molecule has 4 aromatic carbocycles.